The molecule has 0 aromatic rings. The normalized spacial score (nSPS) is 12.8. The quantitative estimate of drug-likeness (QED) is 0.0261. The van der Waals surface area contributed by atoms with Crippen molar-refractivity contribution in [3.8, 4) is 0 Å². The summed E-state index contributed by atoms with van der Waals surface area (Å²) < 4.78 is 16.9. The molecule has 0 fully saturated rings. The van der Waals surface area contributed by atoms with Crippen LogP contribution in [0.4, 0.5) is 0 Å². The van der Waals surface area contributed by atoms with E-state index in [2.05, 4.69) is 130 Å². The zero-order valence-corrected chi connectivity index (χ0v) is 51.9. The summed E-state index contributed by atoms with van der Waals surface area (Å²) in [4.78, 5) is 38.2. The van der Waals surface area contributed by atoms with Crippen molar-refractivity contribution in [3.05, 3.63) is 109 Å². The highest BCUT2D eigenvalue weighted by Crippen LogP contribution is 2.16. The van der Waals surface area contributed by atoms with Gasteiger partial charge in [0.05, 0.1) is 0 Å². The fraction of sp³-hybridized carbons (Fsp3) is 0.712. The van der Waals surface area contributed by atoms with E-state index in [1.54, 1.807) is 0 Å². The minimum Gasteiger partial charge on any atom is -0.462 e. The predicted molar refractivity (Wildman–Crippen MR) is 343 cm³/mol. The number of unbranched alkanes of at least 4 members (excludes halogenated alkanes) is 31. The molecule has 0 N–H and O–H groups in total. The Hall–Kier alpha value is -3.93. The number of allylic oxidation sites excluding steroid dienone is 18. The maximum absolute atomic E-state index is 12.9. The summed E-state index contributed by atoms with van der Waals surface area (Å²) in [5.74, 6) is -0.888. The first kappa shape index (κ1) is 75.1. The van der Waals surface area contributed by atoms with Gasteiger partial charge in [-0.1, -0.05) is 297 Å². The van der Waals surface area contributed by atoms with Crippen LogP contribution in [-0.2, 0) is 28.6 Å². The second kappa shape index (κ2) is 66.6. The number of esters is 3. The summed E-state index contributed by atoms with van der Waals surface area (Å²) in [6.07, 6.45) is 91.1. The summed E-state index contributed by atoms with van der Waals surface area (Å²) in [6.45, 7) is 6.50. The van der Waals surface area contributed by atoms with Crippen LogP contribution in [0.3, 0.4) is 0 Å². The van der Waals surface area contributed by atoms with E-state index < -0.39 is 6.10 Å². The third kappa shape index (κ3) is 64.8. The number of rotatable bonds is 60. The van der Waals surface area contributed by atoms with Crippen LogP contribution in [0.1, 0.15) is 316 Å². The van der Waals surface area contributed by atoms with Crippen LogP contribution in [0.25, 0.3) is 0 Å². The minimum atomic E-state index is -0.784. The third-order valence-corrected chi connectivity index (χ3v) is 14.3. The molecule has 0 amide bonds. The van der Waals surface area contributed by atoms with Crippen LogP contribution in [0.2, 0.25) is 0 Å². The van der Waals surface area contributed by atoms with Crippen molar-refractivity contribution in [2.75, 3.05) is 13.2 Å². The highest BCUT2D eigenvalue weighted by molar-refractivity contribution is 5.71. The first-order chi connectivity index (χ1) is 39.0. The van der Waals surface area contributed by atoms with Crippen molar-refractivity contribution >= 4 is 17.9 Å². The van der Waals surface area contributed by atoms with Gasteiger partial charge in [0.1, 0.15) is 13.2 Å². The molecule has 0 bridgehead atoms. The number of hydrogen-bond acceptors (Lipinski definition) is 6. The zero-order chi connectivity index (χ0) is 57.1. The van der Waals surface area contributed by atoms with E-state index in [1.165, 1.54) is 148 Å². The lowest BCUT2D eigenvalue weighted by Crippen LogP contribution is -2.30. The van der Waals surface area contributed by atoms with Gasteiger partial charge in [-0.15, -0.1) is 0 Å². The van der Waals surface area contributed by atoms with Gasteiger partial charge >= 0.3 is 17.9 Å². The van der Waals surface area contributed by atoms with Gasteiger partial charge in [0.25, 0.3) is 0 Å². The molecule has 0 radical (unpaired) electrons. The fourth-order valence-electron chi connectivity index (χ4n) is 9.28. The first-order valence-corrected chi connectivity index (χ1v) is 33.4. The third-order valence-electron chi connectivity index (χ3n) is 14.3. The molecule has 0 aromatic heterocycles. The topological polar surface area (TPSA) is 78.9 Å². The van der Waals surface area contributed by atoms with Gasteiger partial charge in [-0.3, -0.25) is 14.4 Å². The fourth-order valence-corrected chi connectivity index (χ4v) is 9.28. The molecular formula is C73H124O6. The Kier molecular flexibility index (Phi) is 63.3. The van der Waals surface area contributed by atoms with Crippen molar-refractivity contribution in [3.63, 3.8) is 0 Å². The Bertz CT molecular complexity index is 1590. The molecule has 0 aliphatic rings. The largest absolute Gasteiger partial charge is 0.462 e. The van der Waals surface area contributed by atoms with E-state index in [0.717, 1.165) is 128 Å². The van der Waals surface area contributed by atoms with Crippen LogP contribution in [0.15, 0.2) is 109 Å². The van der Waals surface area contributed by atoms with Crippen LogP contribution < -0.4 is 0 Å². The standard InChI is InChI=1S/C73H124O6/c1-4-7-10-13-16-19-22-24-26-28-29-30-31-32-33-34-35-36-37-38-39-40-41-42-43-44-45-46-48-49-51-54-57-60-63-66-72(75)78-69-70(68-77-71(74)65-62-59-56-53-21-18-15-12-9-6-3)79-73(76)67-64-61-58-55-52-50-47-27-25-23-20-17-14-11-8-5-2/h7,10,16,19-20,23-24,26-27,29-30,32-33,35-36,38-39,47,70H,4-6,8-9,11-15,17-18,21-22,25,28,31,34,37,40-46,48-69H2,1-3H3/b10-7-,19-16-,23-20-,26-24-,30-29-,33-32-,36-35-,39-38-,47-27-. The van der Waals surface area contributed by atoms with E-state index in [1.807, 2.05) is 0 Å². The highest BCUT2D eigenvalue weighted by Gasteiger charge is 2.19. The molecule has 6 nitrogen and oxygen atoms in total. The van der Waals surface area contributed by atoms with E-state index >= 15 is 0 Å². The second-order valence-corrected chi connectivity index (χ2v) is 22.0. The van der Waals surface area contributed by atoms with Gasteiger partial charge in [0, 0.05) is 19.3 Å². The van der Waals surface area contributed by atoms with E-state index in [9.17, 15) is 14.4 Å². The van der Waals surface area contributed by atoms with Gasteiger partial charge in [-0.05, 0) is 109 Å². The Balaban J connectivity index is 4.14. The molecule has 6 heteroatoms. The minimum absolute atomic E-state index is 0.0803. The summed E-state index contributed by atoms with van der Waals surface area (Å²) in [5, 5.41) is 0. The Morgan fingerprint density at radius 3 is 0.785 bits per heavy atom. The maximum Gasteiger partial charge on any atom is 0.306 e. The van der Waals surface area contributed by atoms with Crippen molar-refractivity contribution in [2.45, 2.75) is 322 Å². The lowest BCUT2D eigenvalue weighted by Gasteiger charge is -2.18. The smallest absolute Gasteiger partial charge is 0.306 e. The molecule has 79 heavy (non-hydrogen) atoms. The van der Waals surface area contributed by atoms with Crippen molar-refractivity contribution in [2.24, 2.45) is 0 Å². The number of carbonyl (C=O) groups is 3. The van der Waals surface area contributed by atoms with E-state index in [0.29, 0.717) is 19.3 Å². The Morgan fingerprint density at radius 1 is 0.266 bits per heavy atom. The molecule has 0 rings (SSSR count). The van der Waals surface area contributed by atoms with Gasteiger partial charge in [-0.2, -0.15) is 0 Å². The SMILES string of the molecule is CC/C=C\C/C=C\C/C=C\C/C=C\C/C=C\C/C=C\C/C=C\CCCCCCCCCCCCCCCC(=O)OCC(COC(=O)CCCCCCCCCCCC)OC(=O)CCCCCCC/C=C\C/C=C\CCCCCC. The molecule has 0 heterocycles. The van der Waals surface area contributed by atoms with E-state index in [-0.39, 0.29) is 31.1 Å². The second-order valence-electron chi connectivity index (χ2n) is 22.0. The Labute approximate surface area is 489 Å². The monoisotopic (exact) mass is 1100 g/mol. The summed E-state index contributed by atoms with van der Waals surface area (Å²) in [7, 11) is 0. The first-order valence-electron chi connectivity index (χ1n) is 33.4. The number of hydrogen-bond donors (Lipinski definition) is 0. The molecule has 452 valence electrons. The van der Waals surface area contributed by atoms with Crippen molar-refractivity contribution < 1.29 is 28.6 Å². The molecule has 0 aliphatic heterocycles. The molecule has 0 saturated heterocycles. The molecule has 0 aromatic carbocycles. The lowest BCUT2D eigenvalue weighted by atomic mass is 10.0. The molecular weight excluding hydrogens is 973 g/mol. The van der Waals surface area contributed by atoms with Crippen LogP contribution >= 0.6 is 0 Å². The number of ether oxygens (including phenoxy) is 3. The number of carbonyl (C=O) groups excluding carboxylic acids is 3. The maximum atomic E-state index is 12.9. The average Bonchev–Trinajstić information content (AvgIpc) is 3.45. The Morgan fingerprint density at radius 2 is 0.494 bits per heavy atom. The highest BCUT2D eigenvalue weighted by atomic mass is 16.6. The summed E-state index contributed by atoms with van der Waals surface area (Å²) >= 11 is 0. The summed E-state index contributed by atoms with van der Waals surface area (Å²) in [5.41, 5.74) is 0. The van der Waals surface area contributed by atoms with Crippen molar-refractivity contribution in [1.82, 2.24) is 0 Å². The average molecular weight is 1100 g/mol. The van der Waals surface area contributed by atoms with Gasteiger partial charge in [0.2, 0.25) is 0 Å². The molecule has 0 saturated carbocycles. The van der Waals surface area contributed by atoms with Crippen LogP contribution in [-0.4, -0.2) is 37.2 Å². The van der Waals surface area contributed by atoms with Crippen LogP contribution in [0.5, 0.6) is 0 Å². The lowest BCUT2D eigenvalue weighted by molar-refractivity contribution is -0.167. The van der Waals surface area contributed by atoms with Gasteiger partial charge in [-0.25, -0.2) is 0 Å². The van der Waals surface area contributed by atoms with Crippen molar-refractivity contribution in [1.29, 1.82) is 0 Å². The zero-order valence-electron chi connectivity index (χ0n) is 51.9. The van der Waals surface area contributed by atoms with Gasteiger partial charge in [0.15, 0.2) is 6.10 Å². The van der Waals surface area contributed by atoms with Crippen LogP contribution in [0, 0.1) is 0 Å². The molecule has 0 aliphatic carbocycles. The van der Waals surface area contributed by atoms with E-state index in [4.69, 9.17) is 14.2 Å². The molecule has 1 atom stereocenters. The molecule has 0 spiro atoms. The molecule has 1 unspecified atom stereocenters. The summed E-state index contributed by atoms with van der Waals surface area (Å²) in [6, 6.07) is 0. The predicted octanol–water partition coefficient (Wildman–Crippen LogP) is 23.0. The van der Waals surface area contributed by atoms with Gasteiger partial charge < -0.3 is 14.2 Å².